The zero-order chi connectivity index (χ0) is 21.2. The van der Waals surface area contributed by atoms with Crippen molar-refractivity contribution in [3.63, 3.8) is 0 Å². The minimum Gasteiger partial charge on any atom is -0.406 e. The summed E-state index contributed by atoms with van der Waals surface area (Å²) in [4.78, 5) is 12.6. The van der Waals surface area contributed by atoms with Gasteiger partial charge in [0.25, 0.3) is 0 Å². The van der Waals surface area contributed by atoms with Crippen molar-refractivity contribution in [2.75, 3.05) is 0 Å². The van der Waals surface area contributed by atoms with Crippen LogP contribution >= 0.6 is 0 Å². The molecule has 3 aromatic rings. The van der Waals surface area contributed by atoms with Crippen molar-refractivity contribution in [3.05, 3.63) is 82.7 Å². The topological polar surface area (TPSA) is 64.4 Å². The Morgan fingerprint density at radius 3 is 2.31 bits per heavy atom. The predicted octanol–water partition coefficient (Wildman–Crippen LogP) is 4.36. The lowest BCUT2D eigenvalue weighted by Crippen LogP contribution is -2.17. The summed E-state index contributed by atoms with van der Waals surface area (Å²) in [6, 6.07) is 14.0. The largest absolute Gasteiger partial charge is 0.573 e. The van der Waals surface area contributed by atoms with Crippen LogP contribution in [-0.2, 0) is 6.54 Å². The first-order chi connectivity index (χ1) is 13.6. The molecule has 0 fully saturated rings. The fourth-order valence-electron chi connectivity index (χ4n) is 2.80. The van der Waals surface area contributed by atoms with E-state index in [0.29, 0.717) is 6.54 Å². The summed E-state index contributed by atoms with van der Waals surface area (Å²) in [6.45, 7) is 4.26. The Hall–Kier alpha value is -3.13. The second-order valence-corrected chi connectivity index (χ2v) is 6.70. The molecule has 0 spiro atoms. The average molecular weight is 404 g/mol. The minimum absolute atomic E-state index is 0.0812. The van der Waals surface area contributed by atoms with E-state index in [4.69, 9.17) is 0 Å². The number of Topliss-reactive ketones (excluding diaryl/α,β-unsaturated/α-hetero) is 1. The number of halogens is 3. The van der Waals surface area contributed by atoms with Gasteiger partial charge in [-0.05, 0) is 43.2 Å². The first-order valence-electron chi connectivity index (χ1n) is 8.80. The van der Waals surface area contributed by atoms with Gasteiger partial charge in [-0.3, -0.25) is 9.48 Å². The maximum Gasteiger partial charge on any atom is 0.573 e. The molecule has 8 heteroatoms. The highest BCUT2D eigenvalue weighted by Gasteiger charge is 2.31. The quantitative estimate of drug-likeness (QED) is 0.620. The van der Waals surface area contributed by atoms with Crippen LogP contribution in [0.15, 0.2) is 54.6 Å². The van der Waals surface area contributed by atoms with Crippen molar-refractivity contribution in [2.24, 2.45) is 0 Å². The lowest BCUT2D eigenvalue weighted by molar-refractivity contribution is -0.274. The second kappa shape index (κ2) is 8.08. The number of aromatic nitrogens is 2. The molecule has 1 atom stereocenters. The summed E-state index contributed by atoms with van der Waals surface area (Å²) in [5, 5.41) is 14.6. The van der Waals surface area contributed by atoms with Crippen molar-refractivity contribution >= 4 is 5.78 Å². The highest BCUT2D eigenvalue weighted by molar-refractivity contribution is 5.98. The number of aryl methyl sites for hydroxylation is 2. The Morgan fingerprint density at radius 1 is 1.10 bits per heavy atom. The summed E-state index contributed by atoms with van der Waals surface area (Å²) >= 11 is 0. The van der Waals surface area contributed by atoms with E-state index in [1.54, 1.807) is 17.7 Å². The van der Waals surface area contributed by atoms with Crippen LogP contribution in [-0.4, -0.2) is 27.0 Å². The van der Waals surface area contributed by atoms with Gasteiger partial charge in [-0.15, -0.1) is 13.2 Å². The first kappa shape index (κ1) is 20.6. The van der Waals surface area contributed by atoms with Gasteiger partial charge in [-0.25, -0.2) is 0 Å². The molecule has 1 heterocycles. The lowest BCUT2D eigenvalue weighted by Gasteiger charge is -2.11. The number of aliphatic hydroxyl groups excluding tert-OH is 1. The van der Waals surface area contributed by atoms with Crippen LogP contribution in [0.5, 0.6) is 5.75 Å². The Labute approximate surface area is 165 Å². The Kier molecular flexibility index (Phi) is 5.74. The molecular weight excluding hydrogens is 385 g/mol. The van der Waals surface area contributed by atoms with E-state index in [1.807, 2.05) is 31.2 Å². The maximum atomic E-state index is 12.6. The van der Waals surface area contributed by atoms with E-state index in [9.17, 15) is 23.1 Å². The van der Waals surface area contributed by atoms with Gasteiger partial charge in [0.05, 0.1) is 6.54 Å². The zero-order valence-corrected chi connectivity index (χ0v) is 15.8. The number of ether oxygens (including phenoxy) is 1. The summed E-state index contributed by atoms with van der Waals surface area (Å²) in [6.07, 6.45) is -6.35. The molecule has 0 aliphatic carbocycles. The van der Waals surface area contributed by atoms with Crippen molar-refractivity contribution < 1.29 is 27.8 Å². The summed E-state index contributed by atoms with van der Waals surface area (Å²) in [5.41, 5.74) is 3.13. The van der Waals surface area contributed by atoms with E-state index < -0.39 is 24.0 Å². The number of alkyl halides is 3. The lowest BCUT2D eigenvalue weighted by atomic mass is 10.0. The number of benzene rings is 2. The smallest absolute Gasteiger partial charge is 0.406 e. The Balaban J connectivity index is 1.73. The number of nitrogens with zero attached hydrogens (tertiary/aromatic N) is 2. The molecule has 0 aliphatic heterocycles. The van der Waals surface area contributed by atoms with Gasteiger partial charge in [-0.2, -0.15) is 5.10 Å². The van der Waals surface area contributed by atoms with Crippen LogP contribution < -0.4 is 4.74 Å². The monoisotopic (exact) mass is 404 g/mol. The van der Waals surface area contributed by atoms with Crippen LogP contribution in [0.25, 0.3) is 0 Å². The molecule has 29 heavy (non-hydrogen) atoms. The highest BCUT2D eigenvalue weighted by Crippen LogP contribution is 2.25. The number of hydrogen-bond donors (Lipinski definition) is 1. The zero-order valence-electron chi connectivity index (χ0n) is 15.8. The molecule has 0 amide bonds. The summed E-state index contributed by atoms with van der Waals surface area (Å²) in [5.74, 6) is -1.07. The van der Waals surface area contributed by atoms with E-state index >= 15 is 0 Å². The second-order valence-electron chi connectivity index (χ2n) is 6.70. The summed E-state index contributed by atoms with van der Waals surface area (Å²) < 4.78 is 42.1. The van der Waals surface area contributed by atoms with Gasteiger partial charge in [-0.1, -0.05) is 42.0 Å². The highest BCUT2D eigenvalue weighted by atomic mass is 19.4. The normalized spacial score (nSPS) is 12.6. The third-order valence-corrected chi connectivity index (χ3v) is 4.36. The van der Waals surface area contributed by atoms with Crippen molar-refractivity contribution in [1.29, 1.82) is 0 Å². The predicted molar refractivity (Wildman–Crippen MR) is 99.7 cm³/mol. The number of ketones is 1. The maximum absolute atomic E-state index is 12.6. The van der Waals surface area contributed by atoms with Crippen LogP contribution in [0.3, 0.4) is 0 Å². The van der Waals surface area contributed by atoms with Gasteiger partial charge < -0.3 is 9.84 Å². The standard InChI is InChI=1S/C21H19F3N2O3/c1-13-3-5-15(6-4-13)12-26-14(2)11-18(25-26)20(28)19(27)16-7-9-17(10-8-16)29-21(22,23)24/h3-11,19,27H,12H2,1-2H3. The number of aliphatic hydroxyl groups is 1. The molecule has 1 aromatic heterocycles. The van der Waals surface area contributed by atoms with Crippen LogP contribution in [0.4, 0.5) is 13.2 Å². The molecule has 1 unspecified atom stereocenters. The van der Waals surface area contributed by atoms with Gasteiger partial charge in [0, 0.05) is 5.69 Å². The van der Waals surface area contributed by atoms with Crippen molar-refractivity contribution in [3.8, 4) is 5.75 Å². The molecular formula is C21H19F3N2O3. The molecule has 1 N–H and O–H groups in total. The SMILES string of the molecule is Cc1ccc(Cn2nc(C(=O)C(O)c3ccc(OC(F)(F)F)cc3)cc2C)cc1. The van der Waals surface area contributed by atoms with E-state index in [2.05, 4.69) is 9.84 Å². The fourth-order valence-corrected chi connectivity index (χ4v) is 2.80. The molecule has 0 saturated heterocycles. The molecule has 152 valence electrons. The first-order valence-corrected chi connectivity index (χ1v) is 8.80. The van der Waals surface area contributed by atoms with Gasteiger partial charge in [0.15, 0.2) is 0 Å². The number of hydrogen-bond acceptors (Lipinski definition) is 4. The molecule has 0 aliphatic rings. The molecule has 0 radical (unpaired) electrons. The Bertz CT molecular complexity index is 994. The number of rotatable bonds is 6. The van der Waals surface area contributed by atoms with Crippen molar-refractivity contribution in [1.82, 2.24) is 9.78 Å². The van der Waals surface area contributed by atoms with E-state index in [1.165, 1.54) is 12.1 Å². The van der Waals surface area contributed by atoms with Gasteiger partial charge >= 0.3 is 6.36 Å². The van der Waals surface area contributed by atoms with E-state index in [-0.39, 0.29) is 11.3 Å². The van der Waals surface area contributed by atoms with Gasteiger partial charge in [0.2, 0.25) is 5.78 Å². The third-order valence-electron chi connectivity index (χ3n) is 4.36. The third kappa shape index (κ3) is 5.23. The van der Waals surface area contributed by atoms with Crippen molar-refractivity contribution in [2.45, 2.75) is 32.9 Å². The molecule has 5 nitrogen and oxygen atoms in total. The number of carbonyl (C=O) groups excluding carboxylic acids is 1. The van der Waals surface area contributed by atoms with Crippen LogP contribution in [0.2, 0.25) is 0 Å². The molecule has 2 aromatic carbocycles. The molecule has 3 rings (SSSR count). The molecule has 0 saturated carbocycles. The van der Waals surface area contributed by atoms with Crippen LogP contribution in [0.1, 0.15) is 39.0 Å². The number of carbonyl (C=O) groups is 1. The van der Waals surface area contributed by atoms with Crippen LogP contribution in [0, 0.1) is 13.8 Å². The minimum atomic E-state index is -4.81. The summed E-state index contributed by atoms with van der Waals surface area (Å²) in [7, 11) is 0. The Morgan fingerprint density at radius 2 is 1.72 bits per heavy atom. The molecule has 0 bridgehead atoms. The van der Waals surface area contributed by atoms with Gasteiger partial charge in [0.1, 0.15) is 17.5 Å². The van der Waals surface area contributed by atoms with E-state index in [0.717, 1.165) is 29.0 Å². The fraction of sp³-hybridized carbons (Fsp3) is 0.238. The average Bonchev–Trinajstić information content (AvgIpc) is 3.02.